The first-order valence-electron chi connectivity index (χ1n) is 9.56. The summed E-state index contributed by atoms with van der Waals surface area (Å²) in [6, 6.07) is 13.5. The molecule has 8 heteroatoms. The van der Waals surface area contributed by atoms with E-state index in [-0.39, 0.29) is 5.63 Å². The molecule has 0 saturated carbocycles. The molecular formula is C22H19N5O2S. The van der Waals surface area contributed by atoms with Crippen LogP contribution in [0.15, 0.2) is 63.0 Å². The molecule has 30 heavy (non-hydrogen) atoms. The lowest BCUT2D eigenvalue weighted by atomic mass is 10.0. The van der Waals surface area contributed by atoms with Gasteiger partial charge in [-0.25, -0.2) is 14.5 Å². The second-order valence-electron chi connectivity index (χ2n) is 7.30. The zero-order valence-corrected chi connectivity index (χ0v) is 17.4. The van der Waals surface area contributed by atoms with Crippen molar-refractivity contribution in [1.29, 1.82) is 0 Å². The number of rotatable bonds is 5. The summed E-state index contributed by atoms with van der Waals surface area (Å²) in [5.41, 5.74) is 6.07. The molecule has 2 aromatic carbocycles. The SMILES string of the molecule is Cc1cc(C)c2c(Cn3cc(CSc4nc5ccccc5[nH]4)nn3)cc(=O)oc2c1. The Kier molecular flexibility index (Phi) is 4.63. The van der Waals surface area contributed by atoms with Crippen molar-refractivity contribution in [3.8, 4) is 0 Å². The quantitative estimate of drug-likeness (QED) is 0.340. The van der Waals surface area contributed by atoms with E-state index in [0.717, 1.165) is 44.0 Å². The number of aromatic amines is 1. The normalized spacial score (nSPS) is 11.5. The Labute approximate surface area is 176 Å². The van der Waals surface area contributed by atoms with Crippen LogP contribution in [-0.2, 0) is 12.3 Å². The van der Waals surface area contributed by atoms with E-state index in [2.05, 4.69) is 26.3 Å². The largest absolute Gasteiger partial charge is 0.423 e. The Hall–Kier alpha value is -3.39. The Balaban J connectivity index is 1.36. The predicted molar refractivity (Wildman–Crippen MR) is 117 cm³/mol. The molecule has 0 aliphatic heterocycles. The summed E-state index contributed by atoms with van der Waals surface area (Å²) in [4.78, 5) is 19.9. The first kappa shape index (κ1) is 18.6. The van der Waals surface area contributed by atoms with E-state index in [1.165, 1.54) is 6.07 Å². The number of H-pyrrole nitrogens is 1. The summed E-state index contributed by atoms with van der Waals surface area (Å²) < 4.78 is 7.16. The van der Waals surface area contributed by atoms with Gasteiger partial charge in [-0.05, 0) is 48.7 Å². The van der Waals surface area contributed by atoms with Gasteiger partial charge in [0.15, 0.2) is 5.16 Å². The van der Waals surface area contributed by atoms with Crippen LogP contribution >= 0.6 is 11.8 Å². The van der Waals surface area contributed by atoms with E-state index in [4.69, 9.17) is 4.42 Å². The number of hydrogen-bond acceptors (Lipinski definition) is 6. The van der Waals surface area contributed by atoms with Crippen LogP contribution in [0.4, 0.5) is 0 Å². The summed E-state index contributed by atoms with van der Waals surface area (Å²) in [6.07, 6.45) is 1.90. The fourth-order valence-corrected chi connectivity index (χ4v) is 4.46. The second kappa shape index (κ2) is 7.46. The van der Waals surface area contributed by atoms with Crippen molar-refractivity contribution in [2.75, 3.05) is 0 Å². The molecule has 150 valence electrons. The summed E-state index contributed by atoms with van der Waals surface area (Å²) in [5, 5.41) is 10.3. The van der Waals surface area contributed by atoms with Crippen LogP contribution in [0.2, 0.25) is 0 Å². The lowest BCUT2D eigenvalue weighted by Crippen LogP contribution is -2.07. The molecule has 3 heterocycles. The van der Waals surface area contributed by atoms with Crippen molar-refractivity contribution >= 4 is 33.8 Å². The van der Waals surface area contributed by atoms with Crippen LogP contribution in [0.3, 0.4) is 0 Å². The molecule has 0 saturated heterocycles. The molecule has 0 atom stereocenters. The lowest BCUT2D eigenvalue weighted by Gasteiger charge is -2.09. The maximum absolute atomic E-state index is 12.0. The minimum Gasteiger partial charge on any atom is -0.423 e. The van der Waals surface area contributed by atoms with Crippen LogP contribution in [0.25, 0.3) is 22.0 Å². The van der Waals surface area contributed by atoms with Crippen molar-refractivity contribution in [3.63, 3.8) is 0 Å². The Morgan fingerprint density at radius 1 is 1.17 bits per heavy atom. The molecular weight excluding hydrogens is 398 g/mol. The molecule has 0 radical (unpaired) electrons. The molecule has 0 aliphatic carbocycles. The zero-order chi connectivity index (χ0) is 20.7. The van der Waals surface area contributed by atoms with Crippen LogP contribution < -0.4 is 5.63 Å². The molecule has 1 N–H and O–H groups in total. The molecule has 3 aromatic heterocycles. The monoisotopic (exact) mass is 417 g/mol. The van der Waals surface area contributed by atoms with Crippen LogP contribution in [-0.4, -0.2) is 25.0 Å². The minimum absolute atomic E-state index is 0.358. The minimum atomic E-state index is -0.358. The molecule has 0 unspecified atom stereocenters. The second-order valence-corrected chi connectivity index (χ2v) is 8.26. The summed E-state index contributed by atoms with van der Waals surface area (Å²) >= 11 is 1.58. The molecule has 0 amide bonds. The summed E-state index contributed by atoms with van der Waals surface area (Å²) in [6.45, 7) is 4.46. The van der Waals surface area contributed by atoms with E-state index < -0.39 is 0 Å². The number of fused-ring (bicyclic) bond motifs is 2. The Morgan fingerprint density at radius 2 is 2.03 bits per heavy atom. The third-order valence-electron chi connectivity index (χ3n) is 4.91. The van der Waals surface area contributed by atoms with Crippen molar-refractivity contribution in [2.24, 2.45) is 0 Å². The van der Waals surface area contributed by atoms with Gasteiger partial charge in [0.25, 0.3) is 0 Å². The number of aromatic nitrogens is 5. The highest BCUT2D eigenvalue weighted by atomic mass is 32.2. The van der Waals surface area contributed by atoms with E-state index in [1.54, 1.807) is 16.4 Å². The first-order chi connectivity index (χ1) is 14.5. The Bertz CT molecular complexity index is 1400. The number of nitrogens with one attached hydrogen (secondary N) is 1. The highest BCUT2D eigenvalue weighted by Crippen LogP contribution is 2.25. The molecule has 5 rings (SSSR count). The fraction of sp³-hybridized carbons (Fsp3) is 0.182. The Morgan fingerprint density at radius 3 is 2.90 bits per heavy atom. The van der Waals surface area contributed by atoms with Gasteiger partial charge < -0.3 is 9.40 Å². The van der Waals surface area contributed by atoms with E-state index >= 15 is 0 Å². The number of hydrogen-bond donors (Lipinski definition) is 1. The topological polar surface area (TPSA) is 89.6 Å². The van der Waals surface area contributed by atoms with Gasteiger partial charge in [-0.1, -0.05) is 35.2 Å². The van der Waals surface area contributed by atoms with Crippen LogP contribution in [0.1, 0.15) is 22.4 Å². The zero-order valence-electron chi connectivity index (χ0n) is 16.5. The van der Waals surface area contributed by atoms with Gasteiger partial charge in [-0.3, -0.25) is 0 Å². The molecule has 0 spiro atoms. The van der Waals surface area contributed by atoms with Crippen LogP contribution in [0.5, 0.6) is 0 Å². The van der Waals surface area contributed by atoms with Gasteiger partial charge in [0.05, 0.1) is 23.3 Å². The molecule has 5 aromatic rings. The number of nitrogens with zero attached hydrogens (tertiary/aromatic N) is 4. The molecule has 0 fully saturated rings. The number of thioether (sulfide) groups is 1. The number of imidazole rings is 1. The third-order valence-corrected chi connectivity index (χ3v) is 5.82. The van der Waals surface area contributed by atoms with Crippen molar-refractivity contribution in [2.45, 2.75) is 31.3 Å². The maximum Gasteiger partial charge on any atom is 0.336 e. The van der Waals surface area contributed by atoms with E-state index in [0.29, 0.717) is 17.9 Å². The van der Waals surface area contributed by atoms with Crippen molar-refractivity contribution in [3.05, 3.63) is 81.5 Å². The van der Waals surface area contributed by atoms with Crippen LogP contribution in [0, 0.1) is 13.8 Å². The van der Waals surface area contributed by atoms with Gasteiger partial charge in [-0.2, -0.15) is 0 Å². The average molecular weight is 417 g/mol. The summed E-state index contributed by atoms with van der Waals surface area (Å²) in [7, 11) is 0. The number of benzene rings is 2. The maximum atomic E-state index is 12.0. The van der Waals surface area contributed by atoms with E-state index in [1.807, 2.05) is 50.4 Å². The van der Waals surface area contributed by atoms with E-state index in [9.17, 15) is 4.79 Å². The molecule has 7 nitrogen and oxygen atoms in total. The fourth-order valence-electron chi connectivity index (χ4n) is 3.69. The third kappa shape index (κ3) is 3.61. The predicted octanol–water partition coefficient (Wildman–Crippen LogP) is 4.22. The van der Waals surface area contributed by atoms with Gasteiger partial charge in [-0.15, -0.1) is 5.10 Å². The lowest BCUT2D eigenvalue weighted by molar-refractivity contribution is 0.555. The highest BCUT2D eigenvalue weighted by molar-refractivity contribution is 7.98. The van der Waals surface area contributed by atoms with Gasteiger partial charge >= 0.3 is 5.63 Å². The van der Waals surface area contributed by atoms with Gasteiger partial charge in [0.1, 0.15) is 5.58 Å². The molecule has 0 bridgehead atoms. The number of para-hydroxylation sites is 2. The average Bonchev–Trinajstić information content (AvgIpc) is 3.31. The van der Waals surface area contributed by atoms with Crippen molar-refractivity contribution in [1.82, 2.24) is 25.0 Å². The summed E-state index contributed by atoms with van der Waals surface area (Å²) in [5.74, 6) is 0.649. The van der Waals surface area contributed by atoms with Gasteiger partial charge in [0.2, 0.25) is 0 Å². The smallest absolute Gasteiger partial charge is 0.336 e. The van der Waals surface area contributed by atoms with Crippen molar-refractivity contribution < 1.29 is 4.42 Å². The standard InChI is InChI=1S/C22H19N5O2S/c1-13-7-14(2)21-15(9-20(28)29-19(21)8-13)10-27-11-16(25-26-27)12-30-22-23-17-5-3-4-6-18(17)24-22/h3-9,11H,10,12H2,1-2H3,(H,23,24). The van der Waals surface area contributed by atoms with Gasteiger partial charge in [0, 0.05) is 23.4 Å². The molecule has 0 aliphatic rings. The first-order valence-corrected chi connectivity index (χ1v) is 10.5. The highest BCUT2D eigenvalue weighted by Gasteiger charge is 2.12. The number of aryl methyl sites for hydroxylation is 2.